The topological polar surface area (TPSA) is 42.0 Å². The quantitative estimate of drug-likeness (QED) is 0.862. The molecule has 1 aliphatic carbocycles. The summed E-state index contributed by atoms with van der Waals surface area (Å²) in [7, 11) is 0. The second-order valence-electron chi connectivity index (χ2n) is 4.55. The maximum Gasteiger partial charge on any atom is 0.417 e. The molecule has 1 heterocycles. The monoisotopic (exact) mass is 324 g/mol. The lowest BCUT2D eigenvalue weighted by Crippen LogP contribution is -2.32. The second kappa shape index (κ2) is 5.81. The van der Waals surface area contributed by atoms with E-state index in [1.165, 1.54) is 0 Å². The molecule has 1 saturated carbocycles. The van der Waals surface area contributed by atoms with E-state index < -0.39 is 17.0 Å². The van der Waals surface area contributed by atoms with Crippen LogP contribution in [0.2, 0.25) is 5.02 Å². The fourth-order valence-electron chi connectivity index (χ4n) is 1.43. The summed E-state index contributed by atoms with van der Waals surface area (Å²) in [5.74, 6) is -0.157. The molecular weight excluding hydrogens is 313 g/mol. The van der Waals surface area contributed by atoms with Crippen molar-refractivity contribution in [2.24, 2.45) is 0 Å². The van der Waals surface area contributed by atoms with Gasteiger partial charge in [0.05, 0.1) is 15.8 Å². The highest BCUT2D eigenvalue weighted by atomic mass is 35.5. The molecule has 0 saturated heterocycles. The van der Waals surface area contributed by atoms with Crippen molar-refractivity contribution in [3.8, 4) is 0 Å². The van der Waals surface area contributed by atoms with Gasteiger partial charge in [-0.15, -0.1) is 0 Å². The number of carbonyl (C=O) groups excluding carboxylic acids is 1. The third-order valence-electron chi connectivity index (χ3n) is 2.72. The average molecular weight is 325 g/mol. The van der Waals surface area contributed by atoms with Gasteiger partial charge in [-0.3, -0.25) is 4.79 Å². The Hall–Kier alpha value is -0.950. The van der Waals surface area contributed by atoms with Crippen LogP contribution < -0.4 is 5.32 Å². The van der Waals surface area contributed by atoms with Crippen molar-refractivity contribution in [3.05, 3.63) is 22.8 Å². The minimum absolute atomic E-state index is 0.101. The molecule has 20 heavy (non-hydrogen) atoms. The Morgan fingerprint density at radius 3 is 2.70 bits per heavy atom. The van der Waals surface area contributed by atoms with E-state index in [1.54, 1.807) is 6.92 Å². The molecule has 0 aliphatic heterocycles. The van der Waals surface area contributed by atoms with Gasteiger partial charge in [-0.1, -0.05) is 23.4 Å². The molecule has 3 nitrogen and oxygen atoms in total. The molecule has 1 aliphatic rings. The third kappa shape index (κ3) is 4.02. The fourth-order valence-corrected chi connectivity index (χ4v) is 2.53. The van der Waals surface area contributed by atoms with Gasteiger partial charge in [0.1, 0.15) is 5.03 Å². The molecule has 0 unspecified atom stereocenters. The summed E-state index contributed by atoms with van der Waals surface area (Å²) in [5.41, 5.74) is -0.901. The first kappa shape index (κ1) is 15.4. The predicted octanol–water partition coefficient (Wildman–Crippen LogP) is 3.51. The van der Waals surface area contributed by atoms with Gasteiger partial charge in [0.25, 0.3) is 0 Å². The first-order valence-electron chi connectivity index (χ1n) is 5.97. The zero-order valence-corrected chi connectivity index (χ0v) is 12.1. The van der Waals surface area contributed by atoms with E-state index in [2.05, 4.69) is 10.3 Å². The summed E-state index contributed by atoms with van der Waals surface area (Å²) in [6, 6.07) is 1.06. The molecule has 2 rings (SSSR count). The van der Waals surface area contributed by atoms with Crippen LogP contribution in [0, 0.1) is 0 Å². The number of rotatable bonds is 4. The fraction of sp³-hybridized carbons (Fsp3) is 0.500. The molecule has 1 aromatic heterocycles. The van der Waals surface area contributed by atoms with Gasteiger partial charge >= 0.3 is 6.18 Å². The number of aromatic nitrogens is 1. The minimum atomic E-state index is -4.48. The Morgan fingerprint density at radius 2 is 2.20 bits per heavy atom. The largest absolute Gasteiger partial charge is 0.417 e. The zero-order chi connectivity index (χ0) is 14.9. The maximum atomic E-state index is 12.5. The van der Waals surface area contributed by atoms with E-state index in [-0.39, 0.29) is 22.0 Å². The van der Waals surface area contributed by atoms with Crippen molar-refractivity contribution in [1.82, 2.24) is 10.3 Å². The standard InChI is InChI=1S/C12H12ClF3N2OS/c1-6(10(19)18-8-2-3-8)20-11-9(13)4-7(5-17-11)12(14,15)16/h4-6,8H,2-3H2,1H3,(H,18,19)/t6-/m0/s1. The van der Waals surface area contributed by atoms with Crippen molar-refractivity contribution in [1.29, 1.82) is 0 Å². The second-order valence-corrected chi connectivity index (χ2v) is 6.29. The zero-order valence-electron chi connectivity index (χ0n) is 10.5. The van der Waals surface area contributed by atoms with Crippen LogP contribution in [0.25, 0.3) is 0 Å². The SMILES string of the molecule is C[C@H](Sc1ncc(C(F)(F)F)cc1Cl)C(=O)NC1CC1. The molecule has 1 amide bonds. The number of amides is 1. The van der Waals surface area contributed by atoms with E-state index >= 15 is 0 Å². The van der Waals surface area contributed by atoms with Gasteiger partial charge < -0.3 is 5.32 Å². The number of hydrogen-bond acceptors (Lipinski definition) is 3. The Labute approximate surface area is 123 Å². The first-order chi connectivity index (χ1) is 9.27. The van der Waals surface area contributed by atoms with Crippen molar-refractivity contribution in [2.45, 2.75) is 42.3 Å². The molecule has 0 spiro atoms. The van der Waals surface area contributed by atoms with Crippen LogP contribution in [0.15, 0.2) is 17.3 Å². The molecule has 1 aromatic rings. The van der Waals surface area contributed by atoms with Gasteiger partial charge in [-0.25, -0.2) is 4.98 Å². The highest BCUT2D eigenvalue weighted by Crippen LogP contribution is 2.35. The van der Waals surface area contributed by atoms with Gasteiger partial charge in [0.2, 0.25) is 5.91 Å². The summed E-state index contributed by atoms with van der Waals surface area (Å²) in [6.07, 6.45) is -1.81. The van der Waals surface area contributed by atoms with E-state index in [1.807, 2.05) is 0 Å². The number of hydrogen-bond donors (Lipinski definition) is 1. The van der Waals surface area contributed by atoms with Gasteiger partial charge in [-0.05, 0) is 25.8 Å². The lowest BCUT2D eigenvalue weighted by atomic mass is 10.3. The van der Waals surface area contributed by atoms with Crippen molar-refractivity contribution in [3.63, 3.8) is 0 Å². The van der Waals surface area contributed by atoms with Gasteiger partial charge in [0.15, 0.2) is 0 Å². The Bertz CT molecular complexity index is 520. The molecular formula is C12H12ClF3N2OS. The van der Waals surface area contributed by atoms with E-state index in [0.29, 0.717) is 0 Å². The molecule has 0 radical (unpaired) electrons. The predicted molar refractivity (Wildman–Crippen MR) is 70.7 cm³/mol. The van der Waals surface area contributed by atoms with Crippen LogP contribution in [0.3, 0.4) is 0 Å². The van der Waals surface area contributed by atoms with Crippen molar-refractivity contribution >= 4 is 29.3 Å². The number of carbonyl (C=O) groups is 1. The Kier molecular flexibility index (Phi) is 4.49. The molecule has 1 atom stereocenters. The van der Waals surface area contributed by atoms with Crippen LogP contribution >= 0.6 is 23.4 Å². The first-order valence-corrected chi connectivity index (χ1v) is 7.23. The molecule has 1 fully saturated rings. The highest BCUT2D eigenvalue weighted by Gasteiger charge is 2.32. The summed E-state index contributed by atoms with van der Waals surface area (Å²) in [4.78, 5) is 15.4. The lowest BCUT2D eigenvalue weighted by Gasteiger charge is -2.13. The third-order valence-corrected chi connectivity index (χ3v) is 4.23. The number of nitrogens with one attached hydrogen (secondary N) is 1. The Morgan fingerprint density at radius 1 is 1.55 bits per heavy atom. The average Bonchev–Trinajstić information content (AvgIpc) is 3.14. The number of nitrogens with zero attached hydrogens (tertiary/aromatic N) is 1. The summed E-state index contributed by atoms with van der Waals surface area (Å²) < 4.78 is 37.4. The van der Waals surface area contributed by atoms with E-state index in [0.717, 1.165) is 36.9 Å². The molecule has 0 bridgehead atoms. The summed E-state index contributed by atoms with van der Waals surface area (Å²) in [6.45, 7) is 1.66. The van der Waals surface area contributed by atoms with Crippen LogP contribution in [0.1, 0.15) is 25.3 Å². The van der Waals surface area contributed by atoms with Crippen LogP contribution in [0.5, 0.6) is 0 Å². The maximum absolute atomic E-state index is 12.5. The molecule has 110 valence electrons. The van der Waals surface area contributed by atoms with Gasteiger partial charge in [0, 0.05) is 12.2 Å². The summed E-state index contributed by atoms with van der Waals surface area (Å²) >= 11 is 6.83. The van der Waals surface area contributed by atoms with Crippen molar-refractivity contribution < 1.29 is 18.0 Å². The lowest BCUT2D eigenvalue weighted by molar-refractivity contribution is -0.137. The minimum Gasteiger partial charge on any atom is -0.352 e. The van der Waals surface area contributed by atoms with Crippen LogP contribution in [0.4, 0.5) is 13.2 Å². The molecule has 8 heteroatoms. The highest BCUT2D eigenvalue weighted by molar-refractivity contribution is 8.00. The van der Waals surface area contributed by atoms with Crippen molar-refractivity contribution in [2.75, 3.05) is 0 Å². The van der Waals surface area contributed by atoms with E-state index in [4.69, 9.17) is 11.6 Å². The molecule has 1 N–H and O–H groups in total. The smallest absolute Gasteiger partial charge is 0.352 e. The summed E-state index contributed by atoms with van der Waals surface area (Å²) in [5, 5.41) is 2.48. The van der Waals surface area contributed by atoms with E-state index in [9.17, 15) is 18.0 Å². The Balaban J connectivity index is 2.03. The van der Waals surface area contributed by atoms with Crippen LogP contribution in [-0.4, -0.2) is 22.2 Å². The number of pyridine rings is 1. The van der Waals surface area contributed by atoms with Crippen LogP contribution in [-0.2, 0) is 11.0 Å². The normalized spacial score (nSPS) is 16.9. The number of alkyl halides is 3. The molecule has 0 aromatic carbocycles. The number of halogens is 4. The van der Waals surface area contributed by atoms with Gasteiger partial charge in [-0.2, -0.15) is 13.2 Å². The number of thioether (sulfide) groups is 1.